The van der Waals surface area contributed by atoms with Gasteiger partial charge in [-0.1, -0.05) is 17.3 Å². The Balaban J connectivity index is 2.92. The van der Waals surface area contributed by atoms with E-state index in [2.05, 4.69) is 5.16 Å². The number of nitrogens with two attached hydrogens (primary N) is 1. The standard InChI is InChI=1S/C12H14F3N3O2/c1-18(10(19)6-7-12(13,14)15)9-5-3-2-4-8(9)11(16)17-20/h2-5,20H,6-7H2,1H3,(H2,16,17). The molecule has 1 aromatic carbocycles. The predicted octanol–water partition coefficient (Wildman–Crippen LogP) is 2.09. The normalized spacial score (nSPS) is 12.3. The quantitative estimate of drug-likeness (QED) is 0.385. The molecule has 0 unspecified atom stereocenters. The van der Waals surface area contributed by atoms with Crippen molar-refractivity contribution in [2.45, 2.75) is 19.0 Å². The first-order chi connectivity index (χ1) is 9.26. The molecule has 0 saturated heterocycles. The molecule has 8 heteroatoms. The largest absolute Gasteiger partial charge is 0.409 e. The molecule has 0 aliphatic rings. The highest BCUT2D eigenvalue weighted by molar-refractivity contribution is 6.06. The first-order valence-electron chi connectivity index (χ1n) is 5.66. The second kappa shape index (κ2) is 6.27. The van der Waals surface area contributed by atoms with Crippen LogP contribution in [-0.2, 0) is 4.79 Å². The van der Waals surface area contributed by atoms with Gasteiger partial charge >= 0.3 is 6.18 Å². The zero-order valence-electron chi connectivity index (χ0n) is 10.7. The van der Waals surface area contributed by atoms with Crippen LogP contribution in [-0.4, -0.2) is 30.2 Å². The number of amides is 1. The van der Waals surface area contributed by atoms with Crippen LogP contribution in [0.3, 0.4) is 0 Å². The average molecular weight is 289 g/mol. The number of oxime groups is 1. The SMILES string of the molecule is CN(C(=O)CCC(F)(F)F)c1ccccc1/C(N)=N/O. The van der Waals surface area contributed by atoms with Crippen LogP contribution in [0.4, 0.5) is 18.9 Å². The van der Waals surface area contributed by atoms with Crippen LogP contribution in [0.25, 0.3) is 0 Å². The molecule has 0 heterocycles. The molecule has 0 aliphatic heterocycles. The van der Waals surface area contributed by atoms with Crippen LogP contribution in [0.5, 0.6) is 0 Å². The molecule has 1 amide bonds. The maximum Gasteiger partial charge on any atom is 0.389 e. The van der Waals surface area contributed by atoms with Crippen LogP contribution in [0, 0.1) is 0 Å². The molecule has 1 rings (SSSR count). The number of carbonyl (C=O) groups is 1. The lowest BCUT2D eigenvalue weighted by Gasteiger charge is -2.20. The van der Waals surface area contributed by atoms with Crippen molar-refractivity contribution in [3.05, 3.63) is 29.8 Å². The van der Waals surface area contributed by atoms with Gasteiger partial charge in [0.05, 0.1) is 12.1 Å². The number of carbonyl (C=O) groups excluding carboxylic acids is 1. The van der Waals surface area contributed by atoms with Gasteiger partial charge in [0.15, 0.2) is 5.84 Å². The summed E-state index contributed by atoms with van der Waals surface area (Å²) in [5.41, 5.74) is 5.99. The van der Waals surface area contributed by atoms with E-state index in [0.717, 1.165) is 4.90 Å². The summed E-state index contributed by atoms with van der Waals surface area (Å²) in [5.74, 6) is -0.934. The predicted molar refractivity (Wildman–Crippen MR) is 67.7 cm³/mol. The Morgan fingerprint density at radius 1 is 1.40 bits per heavy atom. The van der Waals surface area contributed by atoms with E-state index in [9.17, 15) is 18.0 Å². The van der Waals surface area contributed by atoms with Gasteiger partial charge in [0.2, 0.25) is 5.91 Å². The number of anilines is 1. The van der Waals surface area contributed by atoms with E-state index in [1.807, 2.05) is 0 Å². The van der Waals surface area contributed by atoms with Crippen molar-refractivity contribution in [3.63, 3.8) is 0 Å². The molecule has 0 aliphatic carbocycles. The smallest absolute Gasteiger partial charge is 0.389 e. The van der Waals surface area contributed by atoms with Crippen LogP contribution in [0.15, 0.2) is 29.4 Å². The molecule has 0 radical (unpaired) electrons. The van der Waals surface area contributed by atoms with E-state index in [4.69, 9.17) is 10.9 Å². The van der Waals surface area contributed by atoms with Gasteiger partial charge in [0, 0.05) is 19.0 Å². The van der Waals surface area contributed by atoms with Gasteiger partial charge in [-0.3, -0.25) is 4.79 Å². The molecule has 5 nitrogen and oxygen atoms in total. The first kappa shape index (κ1) is 15.8. The minimum absolute atomic E-state index is 0.226. The number of para-hydroxylation sites is 1. The molecule has 1 aromatic rings. The Hall–Kier alpha value is -2.25. The summed E-state index contributed by atoms with van der Waals surface area (Å²) in [5, 5.41) is 11.5. The van der Waals surface area contributed by atoms with Gasteiger partial charge in [-0.2, -0.15) is 13.2 Å². The number of benzene rings is 1. The van der Waals surface area contributed by atoms with Crippen LogP contribution >= 0.6 is 0 Å². The number of rotatable bonds is 4. The van der Waals surface area contributed by atoms with Gasteiger partial charge in [0.25, 0.3) is 0 Å². The number of alkyl halides is 3. The lowest BCUT2D eigenvalue weighted by Crippen LogP contribution is -2.30. The van der Waals surface area contributed by atoms with Crippen LogP contribution < -0.4 is 10.6 Å². The minimum atomic E-state index is -4.39. The Morgan fingerprint density at radius 3 is 2.55 bits per heavy atom. The lowest BCUT2D eigenvalue weighted by molar-refractivity contribution is -0.142. The summed E-state index contributed by atoms with van der Waals surface area (Å²) in [7, 11) is 1.34. The van der Waals surface area contributed by atoms with Gasteiger partial charge in [0.1, 0.15) is 0 Å². The molecular formula is C12H14F3N3O2. The number of hydrogen-bond donors (Lipinski definition) is 2. The lowest BCUT2D eigenvalue weighted by atomic mass is 10.1. The van der Waals surface area contributed by atoms with E-state index in [1.165, 1.54) is 19.2 Å². The van der Waals surface area contributed by atoms with Gasteiger partial charge in [-0.05, 0) is 12.1 Å². The molecule has 0 saturated carbocycles. The number of nitrogens with zero attached hydrogens (tertiary/aromatic N) is 2. The molecule has 0 atom stereocenters. The fourth-order valence-electron chi connectivity index (χ4n) is 1.59. The second-order valence-corrected chi connectivity index (χ2v) is 4.07. The molecule has 0 fully saturated rings. The van der Waals surface area contributed by atoms with E-state index < -0.39 is 24.9 Å². The van der Waals surface area contributed by atoms with Gasteiger partial charge in [-0.15, -0.1) is 0 Å². The Kier molecular flexibility index (Phi) is 4.95. The van der Waals surface area contributed by atoms with Crippen molar-refractivity contribution < 1.29 is 23.2 Å². The molecule has 0 bridgehead atoms. The molecular weight excluding hydrogens is 275 g/mol. The maximum absolute atomic E-state index is 12.1. The van der Waals surface area contributed by atoms with Crippen molar-refractivity contribution in [2.75, 3.05) is 11.9 Å². The molecule has 0 spiro atoms. The van der Waals surface area contributed by atoms with Crippen molar-refractivity contribution in [1.82, 2.24) is 0 Å². The van der Waals surface area contributed by atoms with Crippen molar-refractivity contribution in [2.24, 2.45) is 10.9 Å². The number of hydrogen-bond acceptors (Lipinski definition) is 3. The highest BCUT2D eigenvalue weighted by Gasteiger charge is 2.29. The summed E-state index contributed by atoms with van der Waals surface area (Å²) in [4.78, 5) is 12.8. The summed E-state index contributed by atoms with van der Waals surface area (Å²) in [6.07, 6.45) is -6.24. The third-order valence-electron chi connectivity index (χ3n) is 2.65. The zero-order chi connectivity index (χ0) is 15.3. The Labute approximate surface area is 113 Å². The second-order valence-electron chi connectivity index (χ2n) is 4.07. The first-order valence-corrected chi connectivity index (χ1v) is 5.66. The van der Waals surface area contributed by atoms with E-state index >= 15 is 0 Å². The fraction of sp³-hybridized carbons (Fsp3) is 0.333. The van der Waals surface area contributed by atoms with Crippen LogP contribution in [0.2, 0.25) is 0 Å². The highest BCUT2D eigenvalue weighted by Crippen LogP contribution is 2.24. The molecule has 110 valence electrons. The topological polar surface area (TPSA) is 78.9 Å². The monoisotopic (exact) mass is 289 g/mol. The Bertz CT molecular complexity index is 515. The average Bonchev–Trinajstić information content (AvgIpc) is 2.42. The molecule has 20 heavy (non-hydrogen) atoms. The third-order valence-corrected chi connectivity index (χ3v) is 2.65. The summed E-state index contributed by atoms with van der Waals surface area (Å²) < 4.78 is 36.3. The third kappa shape index (κ3) is 4.15. The van der Waals surface area contributed by atoms with Crippen molar-refractivity contribution >= 4 is 17.4 Å². The highest BCUT2D eigenvalue weighted by atomic mass is 19.4. The number of amidine groups is 1. The minimum Gasteiger partial charge on any atom is -0.409 e. The summed E-state index contributed by atoms with van der Waals surface area (Å²) in [6.45, 7) is 0. The number of halogens is 3. The van der Waals surface area contributed by atoms with Crippen molar-refractivity contribution in [3.8, 4) is 0 Å². The summed E-state index contributed by atoms with van der Waals surface area (Å²) in [6, 6.07) is 6.19. The van der Waals surface area contributed by atoms with E-state index in [0.29, 0.717) is 0 Å². The van der Waals surface area contributed by atoms with Crippen LogP contribution in [0.1, 0.15) is 18.4 Å². The van der Waals surface area contributed by atoms with Crippen molar-refractivity contribution in [1.29, 1.82) is 0 Å². The fourth-order valence-corrected chi connectivity index (χ4v) is 1.59. The maximum atomic E-state index is 12.1. The van der Waals surface area contributed by atoms with Gasteiger partial charge < -0.3 is 15.8 Å². The van der Waals surface area contributed by atoms with E-state index in [-0.39, 0.29) is 17.1 Å². The van der Waals surface area contributed by atoms with Gasteiger partial charge in [-0.25, -0.2) is 0 Å². The molecule has 3 N–H and O–H groups in total. The molecule has 0 aromatic heterocycles. The summed E-state index contributed by atoms with van der Waals surface area (Å²) >= 11 is 0. The van der Waals surface area contributed by atoms with E-state index in [1.54, 1.807) is 12.1 Å². The Morgan fingerprint density at radius 2 is 2.00 bits per heavy atom. The zero-order valence-corrected chi connectivity index (χ0v) is 10.7.